The summed E-state index contributed by atoms with van der Waals surface area (Å²) in [6, 6.07) is 22.7. The number of nitriles is 2. The Hall–Kier alpha value is -5.08. The van der Waals surface area contributed by atoms with E-state index in [1.54, 1.807) is 36.4 Å². The quantitative estimate of drug-likeness (QED) is 0.456. The van der Waals surface area contributed by atoms with Crippen molar-refractivity contribution in [1.82, 2.24) is 9.78 Å². The summed E-state index contributed by atoms with van der Waals surface area (Å²) in [5.74, 6) is -0.00908. The first-order chi connectivity index (χ1) is 15.5. The first-order valence-corrected chi connectivity index (χ1v) is 9.41. The summed E-state index contributed by atoms with van der Waals surface area (Å²) >= 11 is 0. The van der Waals surface area contributed by atoms with Crippen LogP contribution >= 0.6 is 0 Å². The molecule has 0 atom stereocenters. The van der Waals surface area contributed by atoms with Crippen LogP contribution in [0.1, 0.15) is 27.4 Å². The predicted octanol–water partition coefficient (Wildman–Crippen LogP) is 4.35. The second-order valence-corrected chi connectivity index (χ2v) is 6.72. The number of allylic oxidation sites excluding steroid dienone is 1. The molecule has 0 radical (unpaired) electrons. The van der Waals surface area contributed by atoms with Crippen LogP contribution in [-0.2, 0) is 0 Å². The van der Waals surface area contributed by atoms with E-state index in [0.29, 0.717) is 22.8 Å². The summed E-state index contributed by atoms with van der Waals surface area (Å²) in [4.78, 5) is 11.0. The third-order valence-corrected chi connectivity index (χ3v) is 4.74. The number of aromatic carboxylic acids is 1. The Morgan fingerprint density at radius 1 is 1.06 bits per heavy atom. The third-order valence-electron chi connectivity index (χ3n) is 4.74. The van der Waals surface area contributed by atoms with E-state index in [1.807, 2.05) is 24.3 Å². The van der Waals surface area contributed by atoms with Crippen LogP contribution in [-0.4, -0.2) is 20.9 Å². The van der Waals surface area contributed by atoms with Crippen LogP contribution in [0.15, 0.2) is 71.1 Å². The molecule has 0 unspecified atom stereocenters. The summed E-state index contributed by atoms with van der Waals surface area (Å²) in [6.07, 6.45) is 1.48. The minimum Gasteiger partial charge on any atom is -0.478 e. The zero-order chi connectivity index (χ0) is 22.7. The van der Waals surface area contributed by atoms with Gasteiger partial charge in [-0.25, -0.2) is 9.48 Å². The Labute approximate surface area is 182 Å². The highest BCUT2D eigenvalue weighted by atomic mass is 16.4. The molecule has 8 nitrogen and oxygen atoms in total. The number of carboxylic acid groups (broad SMARTS) is 1. The number of benzene rings is 2. The van der Waals surface area contributed by atoms with Gasteiger partial charge in [-0.2, -0.15) is 15.6 Å². The number of rotatable bonds is 5. The fourth-order valence-electron chi connectivity index (χ4n) is 3.15. The molecule has 3 N–H and O–H groups in total. The monoisotopic (exact) mass is 421 g/mol. The van der Waals surface area contributed by atoms with Crippen molar-refractivity contribution < 1.29 is 14.3 Å². The molecule has 0 aliphatic heterocycles. The molecular weight excluding hydrogens is 406 g/mol. The van der Waals surface area contributed by atoms with Crippen molar-refractivity contribution in [3.63, 3.8) is 0 Å². The van der Waals surface area contributed by atoms with Gasteiger partial charge in [0.25, 0.3) is 0 Å². The van der Waals surface area contributed by atoms with Crippen molar-refractivity contribution in [2.45, 2.75) is 0 Å². The molecule has 2 aromatic carbocycles. The minimum absolute atomic E-state index is 0.0951. The fourth-order valence-corrected chi connectivity index (χ4v) is 3.15. The van der Waals surface area contributed by atoms with E-state index < -0.39 is 5.97 Å². The van der Waals surface area contributed by atoms with Gasteiger partial charge in [0.2, 0.25) is 0 Å². The van der Waals surface area contributed by atoms with E-state index in [0.717, 1.165) is 0 Å². The molecule has 8 heteroatoms. The van der Waals surface area contributed by atoms with Crippen LogP contribution in [0.3, 0.4) is 0 Å². The van der Waals surface area contributed by atoms with Crippen LogP contribution in [0.2, 0.25) is 0 Å². The Balaban J connectivity index is 1.71. The topological polar surface area (TPSA) is 142 Å². The van der Waals surface area contributed by atoms with Crippen molar-refractivity contribution in [1.29, 1.82) is 10.5 Å². The molecule has 2 aromatic heterocycles. The Morgan fingerprint density at radius 3 is 2.41 bits per heavy atom. The summed E-state index contributed by atoms with van der Waals surface area (Å²) in [5, 5.41) is 32.7. The number of carbonyl (C=O) groups is 1. The summed E-state index contributed by atoms with van der Waals surface area (Å²) in [5.41, 5.74) is 8.00. The predicted molar refractivity (Wildman–Crippen MR) is 117 cm³/mol. The number of hydrogen-bond donors (Lipinski definition) is 2. The van der Waals surface area contributed by atoms with E-state index in [-0.39, 0.29) is 28.2 Å². The molecule has 0 saturated carbocycles. The first kappa shape index (κ1) is 20.2. The van der Waals surface area contributed by atoms with E-state index in [1.165, 1.54) is 22.9 Å². The highest BCUT2D eigenvalue weighted by molar-refractivity contribution is 5.91. The van der Waals surface area contributed by atoms with Crippen LogP contribution < -0.4 is 5.73 Å². The van der Waals surface area contributed by atoms with Crippen LogP contribution in [0, 0.1) is 22.7 Å². The Bertz CT molecular complexity index is 1420. The van der Waals surface area contributed by atoms with Crippen molar-refractivity contribution in [3.05, 3.63) is 89.3 Å². The van der Waals surface area contributed by atoms with Crippen molar-refractivity contribution in [2.24, 2.45) is 0 Å². The number of anilines is 1. The molecule has 4 aromatic rings. The largest absolute Gasteiger partial charge is 0.478 e. The maximum Gasteiger partial charge on any atom is 0.335 e. The minimum atomic E-state index is -1.01. The van der Waals surface area contributed by atoms with Gasteiger partial charge in [0.1, 0.15) is 40.7 Å². The van der Waals surface area contributed by atoms with Gasteiger partial charge < -0.3 is 15.3 Å². The molecule has 0 spiro atoms. The maximum atomic E-state index is 11.0. The van der Waals surface area contributed by atoms with Gasteiger partial charge in [-0.05, 0) is 36.4 Å². The van der Waals surface area contributed by atoms with Crippen molar-refractivity contribution in [3.8, 4) is 29.1 Å². The molecular formula is C24H15N5O3. The van der Waals surface area contributed by atoms with E-state index in [4.69, 9.17) is 15.3 Å². The number of furan rings is 1. The number of para-hydroxylation sites is 1. The van der Waals surface area contributed by atoms with Gasteiger partial charge in [-0.3, -0.25) is 0 Å². The number of hydrogen-bond acceptors (Lipinski definition) is 6. The average molecular weight is 421 g/mol. The van der Waals surface area contributed by atoms with E-state index >= 15 is 0 Å². The lowest BCUT2D eigenvalue weighted by Gasteiger charge is -2.02. The smallest absolute Gasteiger partial charge is 0.335 e. The second kappa shape index (κ2) is 8.34. The lowest BCUT2D eigenvalue weighted by molar-refractivity contribution is 0.0697. The molecule has 0 saturated heterocycles. The van der Waals surface area contributed by atoms with Crippen molar-refractivity contribution >= 4 is 23.4 Å². The molecule has 2 heterocycles. The second-order valence-electron chi connectivity index (χ2n) is 6.72. The maximum absolute atomic E-state index is 11.0. The average Bonchev–Trinajstić information content (AvgIpc) is 3.42. The van der Waals surface area contributed by atoms with E-state index in [2.05, 4.69) is 11.2 Å². The number of nitrogens with two attached hydrogens (primary N) is 1. The third kappa shape index (κ3) is 3.72. The van der Waals surface area contributed by atoms with Gasteiger partial charge in [0.15, 0.2) is 0 Å². The number of nitrogen functional groups attached to an aromatic ring is 1. The molecule has 0 aliphatic carbocycles. The zero-order valence-electron chi connectivity index (χ0n) is 16.6. The Kier molecular flexibility index (Phi) is 5.27. The first-order valence-electron chi connectivity index (χ1n) is 9.41. The van der Waals surface area contributed by atoms with Gasteiger partial charge in [0.05, 0.1) is 16.8 Å². The summed E-state index contributed by atoms with van der Waals surface area (Å²) < 4.78 is 7.21. The molecule has 32 heavy (non-hydrogen) atoms. The lowest BCUT2D eigenvalue weighted by atomic mass is 10.1. The Morgan fingerprint density at radius 2 is 1.78 bits per heavy atom. The molecule has 154 valence electrons. The van der Waals surface area contributed by atoms with Gasteiger partial charge >= 0.3 is 5.97 Å². The highest BCUT2D eigenvalue weighted by Crippen LogP contribution is 2.29. The number of carboxylic acids is 1. The van der Waals surface area contributed by atoms with Crippen molar-refractivity contribution in [2.75, 3.05) is 5.73 Å². The molecule has 0 fully saturated rings. The normalized spacial score (nSPS) is 11.0. The van der Waals surface area contributed by atoms with Crippen LogP contribution in [0.4, 0.5) is 5.82 Å². The fraction of sp³-hybridized carbons (Fsp3) is 0. The van der Waals surface area contributed by atoms with Crippen LogP contribution in [0.5, 0.6) is 0 Å². The summed E-state index contributed by atoms with van der Waals surface area (Å²) in [7, 11) is 0. The number of aromatic nitrogens is 2. The van der Waals surface area contributed by atoms with Gasteiger partial charge in [-0.15, -0.1) is 0 Å². The van der Waals surface area contributed by atoms with E-state index in [9.17, 15) is 15.3 Å². The molecule has 4 rings (SSSR count). The summed E-state index contributed by atoms with van der Waals surface area (Å²) in [6.45, 7) is 0. The molecule has 0 bridgehead atoms. The lowest BCUT2D eigenvalue weighted by Crippen LogP contribution is -2.02. The molecule has 0 aliphatic rings. The zero-order valence-corrected chi connectivity index (χ0v) is 16.6. The van der Waals surface area contributed by atoms with Crippen LogP contribution in [0.25, 0.3) is 28.7 Å². The SMILES string of the molecule is N#C/C(=C\c1ccc(-c2ccc(C(=O)O)cc2)o1)c1nn(-c2ccccc2)c(N)c1C#N. The number of nitrogens with zero attached hydrogens (tertiary/aromatic N) is 4. The standard InChI is InChI=1S/C24H15N5O3/c25-13-17(22-20(14-26)23(27)29(28-22)18-4-2-1-3-5-18)12-19-10-11-21(32-19)15-6-8-16(9-7-15)24(30)31/h1-12H,27H2,(H,30,31)/b17-12+. The highest BCUT2D eigenvalue weighted by Gasteiger charge is 2.20. The van der Waals surface area contributed by atoms with Gasteiger partial charge in [-0.1, -0.05) is 30.3 Å². The van der Waals surface area contributed by atoms with Gasteiger partial charge in [0, 0.05) is 11.6 Å². The molecule has 0 amide bonds.